The summed E-state index contributed by atoms with van der Waals surface area (Å²) in [6.45, 7) is 5.14. The molecule has 3 rings (SSSR count). The van der Waals surface area contributed by atoms with Crippen molar-refractivity contribution in [2.24, 2.45) is 0 Å². The second kappa shape index (κ2) is 7.14. The van der Waals surface area contributed by atoms with Gasteiger partial charge in [0.05, 0.1) is 7.11 Å². The summed E-state index contributed by atoms with van der Waals surface area (Å²) in [5.74, 6) is 1.29. The van der Waals surface area contributed by atoms with Crippen molar-refractivity contribution in [1.29, 1.82) is 0 Å². The van der Waals surface area contributed by atoms with Crippen LogP contribution in [0, 0.1) is 6.92 Å². The minimum atomic E-state index is 0.398. The molecule has 3 aromatic rings. The van der Waals surface area contributed by atoms with E-state index < -0.39 is 0 Å². The zero-order valence-corrected chi connectivity index (χ0v) is 15.0. The third kappa shape index (κ3) is 3.49. The summed E-state index contributed by atoms with van der Waals surface area (Å²) in [4.78, 5) is 0. The lowest BCUT2D eigenvalue weighted by atomic mass is 9.97. The maximum Gasteiger partial charge on any atom is 0.119 e. The highest BCUT2D eigenvalue weighted by Gasteiger charge is 2.08. The molecular weight excluding hydrogens is 318 g/mol. The molecule has 0 spiro atoms. The molecule has 2 nitrogen and oxygen atoms in total. The summed E-state index contributed by atoms with van der Waals surface area (Å²) in [7, 11) is 1.70. The Morgan fingerprint density at radius 1 is 1.04 bits per heavy atom. The van der Waals surface area contributed by atoms with Crippen molar-refractivity contribution in [2.45, 2.75) is 19.8 Å². The molecular formula is C21H22ClNO. The van der Waals surface area contributed by atoms with Crippen molar-refractivity contribution in [1.82, 2.24) is 0 Å². The maximum atomic E-state index is 6.19. The van der Waals surface area contributed by atoms with Gasteiger partial charge in [-0.15, -0.1) is 0 Å². The van der Waals surface area contributed by atoms with Gasteiger partial charge in [-0.25, -0.2) is 0 Å². The molecule has 1 atom stereocenters. The van der Waals surface area contributed by atoms with E-state index in [9.17, 15) is 0 Å². The highest BCUT2D eigenvalue weighted by Crippen LogP contribution is 2.27. The van der Waals surface area contributed by atoms with Gasteiger partial charge in [-0.1, -0.05) is 48.9 Å². The van der Waals surface area contributed by atoms with Crippen LogP contribution >= 0.6 is 11.6 Å². The molecule has 0 heterocycles. The Bertz CT molecular complexity index is 860. The molecule has 0 radical (unpaired) electrons. The first-order valence-corrected chi connectivity index (χ1v) is 8.53. The van der Waals surface area contributed by atoms with Crippen LogP contribution < -0.4 is 10.1 Å². The fourth-order valence-corrected chi connectivity index (χ4v) is 3.03. The van der Waals surface area contributed by atoms with Crippen LogP contribution in [0.4, 0.5) is 5.69 Å². The van der Waals surface area contributed by atoms with E-state index >= 15 is 0 Å². The summed E-state index contributed by atoms with van der Waals surface area (Å²) in [5, 5.41) is 6.75. The van der Waals surface area contributed by atoms with E-state index in [0.29, 0.717) is 5.92 Å². The van der Waals surface area contributed by atoms with Gasteiger partial charge >= 0.3 is 0 Å². The molecule has 3 aromatic carbocycles. The quantitative estimate of drug-likeness (QED) is 0.613. The number of fused-ring (bicyclic) bond motifs is 1. The molecule has 0 saturated carbocycles. The molecule has 0 aliphatic heterocycles. The second-order valence-electron chi connectivity index (χ2n) is 6.17. The largest absolute Gasteiger partial charge is 0.497 e. The fraction of sp³-hybridized carbons (Fsp3) is 0.238. The first-order valence-electron chi connectivity index (χ1n) is 8.15. The number of hydrogen-bond acceptors (Lipinski definition) is 2. The van der Waals surface area contributed by atoms with Gasteiger partial charge in [0.15, 0.2) is 0 Å². The predicted molar refractivity (Wildman–Crippen MR) is 104 cm³/mol. The van der Waals surface area contributed by atoms with E-state index in [0.717, 1.165) is 28.6 Å². The zero-order chi connectivity index (χ0) is 17.1. The third-order valence-corrected chi connectivity index (χ3v) is 4.92. The monoisotopic (exact) mass is 339 g/mol. The third-order valence-electron chi connectivity index (χ3n) is 4.51. The lowest BCUT2D eigenvalue weighted by Gasteiger charge is -2.16. The molecule has 0 bridgehead atoms. The van der Waals surface area contributed by atoms with E-state index in [4.69, 9.17) is 16.3 Å². The van der Waals surface area contributed by atoms with Gasteiger partial charge in [-0.3, -0.25) is 0 Å². The van der Waals surface area contributed by atoms with Crippen molar-refractivity contribution in [3.63, 3.8) is 0 Å². The van der Waals surface area contributed by atoms with Crippen molar-refractivity contribution < 1.29 is 4.74 Å². The van der Waals surface area contributed by atoms with Gasteiger partial charge in [-0.05, 0) is 59.0 Å². The lowest BCUT2D eigenvalue weighted by molar-refractivity contribution is 0.415. The molecule has 0 aromatic heterocycles. The summed E-state index contributed by atoms with van der Waals surface area (Å²) >= 11 is 6.19. The van der Waals surface area contributed by atoms with Crippen LogP contribution in [0.25, 0.3) is 10.8 Å². The average Bonchev–Trinajstić information content (AvgIpc) is 2.61. The molecule has 124 valence electrons. The van der Waals surface area contributed by atoms with Gasteiger partial charge in [-0.2, -0.15) is 0 Å². The Morgan fingerprint density at radius 2 is 1.79 bits per heavy atom. The van der Waals surface area contributed by atoms with Gasteiger partial charge in [0.1, 0.15) is 5.75 Å². The topological polar surface area (TPSA) is 21.3 Å². The highest BCUT2D eigenvalue weighted by molar-refractivity contribution is 6.31. The summed E-state index contributed by atoms with van der Waals surface area (Å²) < 4.78 is 5.29. The molecule has 1 N–H and O–H groups in total. The Hall–Kier alpha value is -2.19. The van der Waals surface area contributed by atoms with Crippen molar-refractivity contribution in [3.8, 4) is 5.75 Å². The number of anilines is 1. The predicted octanol–water partition coefficient (Wildman–Crippen LogP) is 6.03. The number of rotatable bonds is 5. The van der Waals surface area contributed by atoms with Crippen LogP contribution in [0.5, 0.6) is 5.75 Å². The van der Waals surface area contributed by atoms with Crippen molar-refractivity contribution >= 4 is 28.1 Å². The van der Waals surface area contributed by atoms with Crippen LogP contribution in [0.1, 0.15) is 24.0 Å². The zero-order valence-electron chi connectivity index (χ0n) is 14.3. The van der Waals surface area contributed by atoms with Gasteiger partial charge in [0.25, 0.3) is 0 Å². The maximum absolute atomic E-state index is 6.19. The fourth-order valence-electron chi connectivity index (χ4n) is 2.86. The van der Waals surface area contributed by atoms with Crippen molar-refractivity contribution in [3.05, 3.63) is 70.7 Å². The molecule has 1 unspecified atom stereocenters. The summed E-state index contributed by atoms with van der Waals surface area (Å²) in [6, 6.07) is 18.8. The first-order chi connectivity index (χ1) is 11.6. The molecule has 0 saturated heterocycles. The molecule has 0 aliphatic carbocycles. The SMILES string of the molecule is COc1ccc2cc(C(C)CNc3cccc(Cl)c3C)ccc2c1. The van der Waals surface area contributed by atoms with Crippen LogP contribution in [0.15, 0.2) is 54.6 Å². The molecule has 0 fully saturated rings. The van der Waals surface area contributed by atoms with Crippen LogP contribution in [-0.4, -0.2) is 13.7 Å². The molecule has 0 amide bonds. The van der Waals surface area contributed by atoms with Crippen LogP contribution in [0.3, 0.4) is 0 Å². The summed E-state index contributed by atoms with van der Waals surface area (Å²) in [6.07, 6.45) is 0. The first kappa shape index (κ1) is 16.7. The number of ether oxygens (including phenoxy) is 1. The van der Waals surface area contributed by atoms with E-state index in [1.807, 2.05) is 25.1 Å². The number of hydrogen-bond donors (Lipinski definition) is 1. The molecule has 24 heavy (non-hydrogen) atoms. The standard InChI is InChI=1S/C21H22ClNO/c1-14(13-23-21-6-4-5-20(22)15(21)2)16-7-8-18-12-19(24-3)10-9-17(18)11-16/h4-12,14,23H,13H2,1-3H3. The van der Waals surface area contributed by atoms with E-state index in [-0.39, 0.29) is 0 Å². The Labute approximate surface area is 148 Å². The number of methoxy groups -OCH3 is 1. The normalized spacial score (nSPS) is 12.2. The highest BCUT2D eigenvalue weighted by atomic mass is 35.5. The Morgan fingerprint density at radius 3 is 2.58 bits per heavy atom. The Balaban J connectivity index is 1.76. The van der Waals surface area contributed by atoms with E-state index in [1.165, 1.54) is 16.3 Å². The lowest BCUT2D eigenvalue weighted by Crippen LogP contribution is -2.10. The Kier molecular flexibility index (Phi) is 4.96. The number of nitrogens with one attached hydrogen (secondary N) is 1. The van der Waals surface area contributed by atoms with Crippen molar-refractivity contribution in [2.75, 3.05) is 19.0 Å². The van der Waals surface area contributed by atoms with E-state index in [1.54, 1.807) is 7.11 Å². The van der Waals surface area contributed by atoms with Gasteiger partial charge < -0.3 is 10.1 Å². The minimum Gasteiger partial charge on any atom is -0.497 e. The van der Waals surface area contributed by atoms with E-state index in [2.05, 4.69) is 48.6 Å². The smallest absolute Gasteiger partial charge is 0.119 e. The summed E-state index contributed by atoms with van der Waals surface area (Å²) in [5.41, 5.74) is 3.51. The number of halogens is 1. The van der Waals surface area contributed by atoms with Gasteiger partial charge in [0.2, 0.25) is 0 Å². The number of benzene rings is 3. The average molecular weight is 340 g/mol. The molecule has 3 heteroatoms. The van der Waals surface area contributed by atoms with Crippen LogP contribution in [0.2, 0.25) is 5.02 Å². The van der Waals surface area contributed by atoms with Crippen LogP contribution in [-0.2, 0) is 0 Å². The van der Waals surface area contributed by atoms with Gasteiger partial charge in [0, 0.05) is 17.3 Å². The minimum absolute atomic E-state index is 0.398. The molecule has 0 aliphatic rings. The second-order valence-corrected chi connectivity index (χ2v) is 6.57.